The summed E-state index contributed by atoms with van der Waals surface area (Å²) < 4.78 is 0. The Morgan fingerprint density at radius 1 is 1.67 bits per heavy atom. The van der Waals surface area contributed by atoms with Crippen molar-refractivity contribution in [2.75, 3.05) is 13.1 Å². The lowest BCUT2D eigenvalue weighted by molar-refractivity contribution is -0.134. The van der Waals surface area contributed by atoms with Crippen molar-refractivity contribution < 1.29 is 9.90 Å². The highest BCUT2D eigenvalue weighted by molar-refractivity contribution is 5.76. The first-order valence-corrected chi connectivity index (χ1v) is 5.32. The second-order valence-electron chi connectivity index (χ2n) is 3.96. The fraction of sp³-hybridized carbons (Fsp3) is 0.800. The van der Waals surface area contributed by atoms with E-state index >= 15 is 0 Å². The third kappa shape index (κ3) is 3.87. The minimum absolute atomic E-state index is 0.0279. The van der Waals surface area contributed by atoms with E-state index in [0.29, 0.717) is 13.1 Å². The number of aliphatic imine (C=N–C) groups is 1. The second kappa shape index (κ2) is 5.70. The molecular weight excluding hydrogens is 194 g/mol. The Balaban J connectivity index is 2.33. The topological polar surface area (TPSA) is 78.9 Å². The smallest absolute Gasteiger partial charge is 0.225 e. The maximum absolute atomic E-state index is 11.6. The van der Waals surface area contributed by atoms with Crippen LogP contribution in [0.5, 0.6) is 0 Å². The fourth-order valence-electron chi connectivity index (χ4n) is 1.77. The van der Waals surface area contributed by atoms with E-state index < -0.39 is 6.10 Å². The van der Waals surface area contributed by atoms with Crippen LogP contribution in [0, 0.1) is 0 Å². The monoisotopic (exact) mass is 213 g/mol. The number of piperidine rings is 1. The number of nitrogens with zero attached hydrogens (tertiary/aromatic N) is 2. The van der Waals surface area contributed by atoms with Gasteiger partial charge in [-0.2, -0.15) is 0 Å². The van der Waals surface area contributed by atoms with Crippen molar-refractivity contribution in [2.45, 2.75) is 38.3 Å². The Bertz CT molecular complexity index is 233. The zero-order chi connectivity index (χ0) is 11.3. The van der Waals surface area contributed by atoms with Gasteiger partial charge in [0.15, 0.2) is 0 Å². The third-order valence-electron chi connectivity index (χ3n) is 2.58. The molecule has 5 heteroatoms. The Morgan fingerprint density at radius 2 is 2.27 bits per heavy atom. The molecular formula is C10H19N3O2. The number of hydrogen-bond donors (Lipinski definition) is 2. The lowest BCUT2D eigenvalue weighted by Gasteiger charge is -2.30. The van der Waals surface area contributed by atoms with Crippen molar-refractivity contribution >= 4 is 12.2 Å². The number of aliphatic hydroxyl groups is 1. The van der Waals surface area contributed by atoms with Crippen LogP contribution in [0.15, 0.2) is 4.99 Å². The molecule has 1 amide bonds. The quantitative estimate of drug-likeness (QED) is 0.500. The molecule has 1 saturated heterocycles. The van der Waals surface area contributed by atoms with Crippen LogP contribution in [0.1, 0.15) is 26.2 Å². The Kier molecular flexibility index (Phi) is 4.55. The molecule has 86 valence electrons. The summed E-state index contributed by atoms with van der Waals surface area (Å²) in [6.07, 6.45) is 2.71. The average molecular weight is 213 g/mol. The van der Waals surface area contributed by atoms with E-state index in [4.69, 9.17) is 10.8 Å². The molecule has 1 aliphatic rings. The minimum Gasteiger partial charge on any atom is -0.393 e. The molecule has 15 heavy (non-hydrogen) atoms. The predicted octanol–water partition coefficient (Wildman–Crippen LogP) is -0.265. The summed E-state index contributed by atoms with van der Waals surface area (Å²) in [4.78, 5) is 17.5. The van der Waals surface area contributed by atoms with Crippen molar-refractivity contribution in [3.8, 4) is 0 Å². The molecule has 1 fully saturated rings. The molecule has 1 atom stereocenters. The summed E-state index contributed by atoms with van der Waals surface area (Å²) in [5, 5.41) is 9.10. The van der Waals surface area contributed by atoms with Crippen LogP contribution in [0.25, 0.3) is 0 Å². The van der Waals surface area contributed by atoms with Gasteiger partial charge in [0, 0.05) is 13.1 Å². The molecule has 5 nitrogen and oxygen atoms in total. The van der Waals surface area contributed by atoms with Crippen molar-refractivity contribution in [2.24, 2.45) is 10.7 Å². The molecule has 0 saturated carbocycles. The Labute approximate surface area is 90.0 Å². The largest absolute Gasteiger partial charge is 0.393 e. The predicted molar refractivity (Wildman–Crippen MR) is 58.6 cm³/mol. The maximum Gasteiger partial charge on any atom is 0.225 e. The number of aliphatic hydroxyl groups excluding tert-OH is 1. The van der Waals surface area contributed by atoms with Crippen molar-refractivity contribution in [3.05, 3.63) is 0 Å². The van der Waals surface area contributed by atoms with E-state index in [0.717, 1.165) is 12.8 Å². The molecule has 0 aromatic rings. The van der Waals surface area contributed by atoms with E-state index in [9.17, 15) is 4.79 Å². The summed E-state index contributed by atoms with van der Waals surface area (Å²) in [5.74, 6) is 0.0279. The van der Waals surface area contributed by atoms with Gasteiger partial charge in [0.1, 0.15) is 0 Å². The molecule has 1 unspecified atom stereocenters. The molecule has 1 aliphatic heterocycles. The van der Waals surface area contributed by atoms with Gasteiger partial charge in [-0.1, -0.05) is 0 Å². The standard InChI is InChI=1S/C10H19N3O2/c1-8(14)6-10(15)13-4-2-9(3-5-13)12-7-11/h7-9,14H,2-6H2,1H3,(H2,11,12). The van der Waals surface area contributed by atoms with Gasteiger partial charge in [-0.05, 0) is 19.8 Å². The van der Waals surface area contributed by atoms with Gasteiger partial charge < -0.3 is 15.7 Å². The number of likely N-dealkylation sites (tertiary alicyclic amines) is 1. The molecule has 0 spiro atoms. The van der Waals surface area contributed by atoms with Crippen LogP contribution in [0.4, 0.5) is 0 Å². The molecule has 0 aromatic heterocycles. The average Bonchev–Trinajstić information content (AvgIpc) is 2.18. The SMILES string of the molecule is CC(O)CC(=O)N1CCC(N=CN)CC1. The van der Waals surface area contributed by atoms with E-state index in [2.05, 4.69) is 4.99 Å². The Hall–Kier alpha value is -1.10. The van der Waals surface area contributed by atoms with Gasteiger partial charge in [-0.15, -0.1) is 0 Å². The van der Waals surface area contributed by atoms with E-state index in [1.165, 1.54) is 6.34 Å². The summed E-state index contributed by atoms with van der Waals surface area (Å²) in [6.45, 7) is 3.06. The van der Waals surface area contributed by atoms with Gasteiger partial charge in [-0.3, -0.25) is 9.79 Å². The maximum atomic E-state index is 11.6. The van der Waals surface area contributed by atoms with Gasteiger partial charge >= 0.3 is 0 Å². The highest BCUT2D eigenvalue weighted by Crippen LogP contribution is 2.14. The molecule has 3 N–H and O–H groups in total. The highest BCUT2D eigenvalue weighted by Gasteiger charge is 2.22. The normalized spacial score (nSPS) is 20.8. The highest BCUT2D eigenvalue weighted by atomic mass is 16.3. The van der Waals surface area contributed by atoms with Gasteiger partial charge in [0.2, 0.25) is 5.91 Å². The second-order valence-corrected chi connectivity index (χ2v) is 3.96. The number of nitrogens with two attached hydrogens (primary N) is 1. The number of hydrogen-bond acceptors (Lipinski definition) is 3. The molecule has 1 rings (SSSR count). The summed E-state index contributed by atoms with van der Waals surface area (Å²) in [7, 11) is 0. The van der Waals surface area contributed by atoms with Gasteiger partial charge in [0.05, 0.1) is 24.9 Å². The molecule has 0 aromatic carbocycles. The summed E-state index contributed by atoms with van der Waals surface area (Å²) in [5.41, 5.74) is 5.21. The van der Waals surface area contributed by atoms with Crippen molar-refractivity contribution in [3.63, 3.8) is 0 Å². The Morgan fingerprint density at radius 3 is 2.73 bits per heavy atom. The van der Waals surface area contributed by atoms with Crippen molar-refractivity contribution in [1.82, 2.24) is 4.90 Å². The number of carbonyl (C=O) groups excluding carboxylic acids is 1. The first-order valence-electron chi connectivity index (χ1n) is 5.32. The van der Waals surface area contributed by atoms with E-state index in [1.54, 1.807) is 11.8 Å². The van der Waals surface area contributed by atoms with Crippen LogP contribution >= 0.6 is 0 Å². The zero-order valence-electron chi connectivity index (χ0n) is 9.09. The van der Waals surface area contributed by atoms with Crippen LogP contribution in [-0.4, -0.2) is 47.5 Å². The van der Waals surface area contributed by atoms with Crippen LogP contribution in [0.2, 0.25) is 0 Å². The summed E-state index contributed by atoms with van der Waals surface area (Å²) in [6, 6.07) is 0.255. The third-order valence-corrected chi connectivity index (χ3v) is 2.58. The fourth-order valence-corrected chi connectivity index (χ4v) is 1.77. The number of rotatable bonds is 3. The van der Waals surface area contributed by atoms with E-state index in [-0.39, 0.29) is 18.4 Å². The number of amides is 1. The van der Waals surface area contributed by atoms with Crippen LogP contribution < -0.4 is 5.73 Å². The first-order chi connectivity index (χ1) is 7.13. The summed E-state index contributed by atoms with van der Waals surface area (Å²) >= 11 is 0. The zero-order valence-corrected chi connectivity index (χ0v) is 9.09. The van der Waals surface area contributed by atoms with Crippen molar-refractivity contribution in [1.29, 1.82) is 0 Å². The van der Waals surface area contributed by atoms with E-state index in [1.807, 2.05) is 0 Å². The number of carbonyl (C=O) groups is 1. The molecule has 1 heterocycles. The van der Waals surface area contributed by atoms with Crippen LogP contribution in [-0.2, 0) is 4.79 Å². The molecule has 0 aliphatic carbocycles. The lowest BCUT2D eigenvalue weighted by Crippen LogP contribution is -2.40. The lowest BCUT2D eigenvalue weighted by atomic mass is 10.1. The van der Waals surface area contributed by atoms with Crippen LogP contribution in [0.3, 0.4) is 0 Å². The van der Waals surface area contributed by atoms with Gasteiger partial charge in [-0.25, -0.2) is 0 Å². The van der Waals surface area contributed by atoms with Gasteiger partial charge in [0.25, 0.3) is 0 Å². The minimum atomic E-state index is -0.558. The molecule has 0 radical (unpaired) electrons. The molecule has 0 bridgehead atoms. The first kappa shape index (κ1) is 12.0.